The number of hydrogen-bond donors (Lipinski definition) is 1. The Balaban J connectivity index is 1.92. The second-order valence-corrected chi connectivity index (χ2v) is 8.35. The monoisotopic (exact) mass is 369 g/mol. The summed E-state index contributed by atoms with van der Waals surface area (Å²) in [5, 5.41) is 3.46. The average Bonchev–Trinajstić information content (AvgIpc) is 2.92. The number of anilines is 1. The van der Waals surface area contributed by atoms with Gasteiger partial charge in [-0.2, -0.15) is 0 Å². The van der Waals surface area contributed by atoms with Crippen LogP contribution >= 0.6 is 11.3 Å². The van der Waals surface area contributed by atoms with Gasteiger partial charge >= 0.3 is 0 Å². The molecule has 0 bridgehead atoms. The fraction of sp³-hybridized carbons (Fsp3) is 0.350. The van der Waals surface area contributed by atoms with Crippen molar-refractivity contribution in [1.82, 2.24) is 9.55 Å². The fourth-order valence-electron chi connectivity index (χ4n) is 2.84. The number of thiophene rings is 1. The highest BCUT2D eigenvalue weighted by Crippen LogP contribution is 2.28. The molecule has 1 amide bonds. The van der Waals surface area contributed by atoms with Crippen LogP contribution in [0, 0.1) is 6.92 Å². The van der Waals surface area contributed by atoms with Gasteiger partial charge in [0.1, 0.15) is 4.83 Å². The van der Waals surface area contributed by atoms with E-state index >= 15 is 0 Å². The molecule has 1 N–H and O–H groups in total. The van der Waals surface area contributed by atoms with Gasteiger partial charge < -0.3 is 5.32 Å². The van der Waals surface area contributed by atoms with E-state index in [1.54, 1.807) is 11.5 Å². The Morgan fingerprint density at radius 3 is 2.46 bits per heavy atom. The zero-order valence-electron chi connectivity index (χ0n) is 15.7. The minimum Gasteiger partial charge on any atom is -0.321 e. The molecule has 3 rings (SSSR count). The van der Waals surface area contributed by atoms with E-state index in [4.69, 9.17) is 0 Å². The fourth-order valence-corrected chi connectivity index (χ4v) is 3.88. The van der Waals surface area contributed by atoms with E-state index in [1.807, 2.05) is 31.2 Å². The molecule has 5 nitrogen and oxygen atoms in total. The summed E-state index contributed by atoms with van der Waals surface area (Å²) < 4.78 is 1.55. The molecule has 0 atom stereocenters. The number of aromatic nitrogens is 2. The minimum atomic E-state index is -0.212. The maximum atomic E-state index is 12.7. The minimum absolute atomic E-state index is 0.0649. The molecule has 0 aliphatic carbocycles. The first-order valence-corrected chi connectivity index (χ1v) is 9.44. The van der Waals surface area contributed by atoms with E-state index in [2.05, 4.69) is 31.1 Å². The highest BCUT2D eigenvalue weighted by Gasteiger charge is 2.20. The second-order valence-electron chi connectivity index (χ2n) is 7.35. The molecule has 0 unspecified atom stereocenters. The van der Waals surface area contributed by atoms with E-state index in [1.165, 1.54) is 23.2 Å². The molecule has 136 valence electrons. The lowest BCUT2D eigenvalue weighted by molar-refractivity contribution is 0.103. The molecule has 0 fully saturated rings. The van der Waals surface area contributed by atoms with Crippen LogP contribution in [0.5, 0.6) is 0 Å². The van der Waals surface area contributed by atoms with Crippen LogP contribution in [0.15, 0.2) is 35.4 Å². The maximum absolute atomic E-state index is 12.7. The van der Waals surface area contributed by atoms with Crippen molar-refractivity contribution in [3.63, 3.8) is 0 Å². The van der Waals surface area contributed by atoms with Crippen LogP contribution in [-0.2, 0) is 12.0 Å². The van der Waals surface area contributed by atoms with E-state index in [9.17, 15) is 9.59 Å². The summed E-state index contributed by atoms with van der Waals surface area (Å²) in [5.41, 5.74) is 2.60. The number of carbonyl (C=O) groups is 1. The summed E-state index contributed by atoms with van der Waals surface area (Å²) in [6, 6.07) is 7.86. The molecule has 0 aliphatic rings. The van der Waals surface area contributed by atoms with Crippen molar-refractivity contribution in [2.24, 2.45) is 0 Å². The van der Waals surface area contributed by atoms with Crippen LogP contribution < -0.4 is 10.9 Å². The summed E-state index contributed by atoms with van der Waals surface area (Å²) >= 11 is 1.26. The predicted molar refractivity (Wildman–Crippen MR) is 107 cm³/mol. The Morgan fingerprint density at radius 1 is 1.23 bits per heavy atom. The van der Waals surface area contributed by atoms with E-state index in [0.717, 1.165) is 5.69 Å². The number of amides is 1. The highest BCUT2D eigenvalue weighted by atomic mass is 32.1. The zero-order chi connectivity index (χ0) is 19.1. The van der Waals surface area contributed by atoms with Crippen LogP contribution in [-0.4, -0.2) is 15.5 Å². The van der Waals surface area contributed by atoms with E-state index in [-0.39, 0.29) is 16.9 Å². The molecule has 0 spiro atoms. The Hall–Kier alpha value is -2.47. The lowest BCUT2D eigenvalue weighted by Gasteiger charge is -2.19. The van der Waals surface area contributed by atoms with Crippen molar-refractivity contribution in [1.29, 1.82) is 0 Å². The molecule has 2 heterocycles. The van der Waals surface area contributed by atoms with Crippen molar-refractivity contribution < 1.29 is 4.79 Å². The van der Waals surface area contributed by atoms with Gasteiger partial charge in [-0.25, -0.2) is 4.98 Å². The number of benzene rings is 1. The van der Waals surface area contributed by atoms with Gasteiger partial charge in [0.25, 0.3) is 11.5 Å². The standard InChI is InChI=1S/C20H23N3O2S/c1-6-23-11-21-18-15(19(23)25)12(2)16(26-18)17(24)22-14-9-7-13(8-10-14)20(3,4)5/h7-11H,6H2,1-5H3,(H,22,24). The van der Waals surface area contributed by atoms with Crippen molar-refractivity contribution in [2.75, 3.05) is 5.32 Å². The summed E-state index contributed by atoms with van der Waals surface area (Å²) in [6.45, 7) is 10.7. The SMILES string of the molecule is CCn1cnc2sc(C(=O)Nc3ccc(C(C)(C)C)cc3)c(C)c2c1=O. The third-order valence-corrected chi connectivity index (χ3v) is 5.67. The van der Waals surface area contributed by atoms with Crippen LogP contribution in [0.4, 0.5) is 5.69 Å². The van der Waals surface area contributed by atoms with Crippen LogP contribution in [0.2, 0.25) is 0 Å². The number of hydrogen-bond acceptors (Lipinski definition) is 4. The molecule has 0 saturated heterocycles. The van der Waals surface area contributed by atoms with Crippen LogP contribution in [0.25, 0.3) is 10.2 Å². The lowest BCUT2D eigenvalue weighted by Crippen LogP contribution is -2.19. The summed E-state index contributed by atoms with van der Waals surface area (Å²) in [5.74, 6) is -0.212. The number of rotatable bonds is 3. The van der Waals surface area contributed by atoms with E-state index in [0.29, 0.717) is 27.2 Å². The number of nitrogens with one attached hydrogen (secondary N) is 1. The first-order valence-electron chi connectivity index (χ1n) is 8.62. The highest BCUT2D eigenvalue weighted by molar-refractivity contribution is 7.20. The number of carbonyl (C=O) groups excluding carboxylic acids is 1. The van der Waals surface area contributed by atoms with Gasteiger partial charge in [-0.3, -0.25) is 14.2 Å². The normalized spacial score (nSPS) is 11.7. The van der Waals surface area contributed by atoms with Gasteiger partial charge in [-0.1, -0.05) is 32.9 Å². The molecule has 1 aromatic carbocycles. The van der Waals surface area contributed by atoms with Gasteiger partial charge in [-0.15, -0.1) is 11.3 Å². The quantitative estimate of drug-likeness (QED) is 0.747. The van der Waals surface area contributed by atoms with Gasteiger partial charge in [0.05, 0.1) is 16.6 Å². The summed E-state index contributed by atoms with van der Waals surface area (Å²) in [4.78, 5) is 30.7. The smallest absolute Gasteiger partial charge is 0.266 e. The second kappa shape index (κ2) is 6.68. The van der Waals surface area contributed by atoms with E-state index < -0.39 is 0 Å². The molecule has 2 aromatic heterocycles. The number of nitrogens with zero attached hydrogens (tertiary/aromatic N) is 2. The maximum Gasteiger partial charge on any atom is 0.266 e. The van der Waals surface area contributed by atoms with Gasteiger partial charge in [0.15, 0.2) is 0 Å². The van der Waals surface area contributed by atoms with Crippen molar-refractivity contribution in [3.8, 4) is 0 Å². The lowest BCUT2D eigenvalue weighted by atomic mass is 9.87. The number of aryl methyl sites for hydroxylation is 2. The van der Waals surface area contributed by atoms with Gasteiger partial charge in [0, 0.05) is 12.2 Å². The first kappa shape index (κ1) is 18.3. The molecule has 0 radical (unpaired) electrons. The Bertz CT molecular complexity index is 1020. The third kappa shape index (κ3) is 3.29. The van der Waals surface area contributed by atoms with Crippen molar-refractivity contribution in [3.05, 3.63) is 57.0 Å². The number of fused-ring (bicyclic) bond motifs is 1. The Kier molecular flexibility index (Phi) is 4.71. The first-order chi connectivity index (χ1) is 12.2. The molecule has 0 saturated carbocycles. The third-order valence-electron chi connectivity index (χ3n) is 4.47. The molecule has 0 aliphatic heterocycles. The molecular weight excluding hydrogens is 346 g/mol. The molecule has 6 heteroatoms. The average molecular weight is 369 g/mol. The summed E-state index contributed by atoms with van der Waals surface area (Å²) in [6.07, 6.45) is 1.54. The zero-order valence-corrected chi connectivity index (χ0v) is 16.5. The van der Waals surface area contributed by atoms with Crippen molar-refractivity contribution >= 4 is 33.1 Å². The summed E-state index contributed by atoms with van der Waals surface area (Å²) in [7, 11) is 0. The predicted octanol–water partition coefficient (Wildman–Crippen LogP) is 4.34. The van der Waals surface area contributed by atoms with Crippen LogP contribution in [0.1, 0.15) is 48.5 Å². The Labute approximate surface area is 156 Å². The largest absolute Gasteiger partial charge is 0.321 e. The van der Waals surface area contributed by atoms with Crippen molar-refractivity contribution in [2.45, 2.75) is 46.6 Å². The molecular formula is C20H23N3O2S. The topological polar surface area (TPSA) is 64.0 Å². The van der Waals surface area contributed by atoms with Gasteiger partial charge in [-0.05, 0) is 42.5 Å². The molecule has 3 aromatic rings. The van der Waals surface area contributed by atoms with Crippen LogP contribution in [0.3, 0.4) is 0 Å². The molecule has 26 heavy (non-hydrogen) atoms. The Morgan fingerprint density at radius 2 is 1.88 bits per heavy atom. The van der Waals surface area contributed by atoms with Gasteiger partial charge in [0.2, 0.25) is 0 Å².